The number of halogens is 1. The second-order valence-corrected chi connectivity index (χ2v) is 4.93. The molecule has 0 heterocycles. The number of hydrogen-bond acceptors (Lipinski definition) is 3. The zero-order valence-electron chi connectivity index (χ0n) is 8.62. The Kier molecular flexibility index (Phi) is 3.17. The van der Waals surface area contributed by atoms with Crippen LogP contribution in [0.3, 0.4) is 0 Å². The predicted molar refractivity (Wildman–Crippen MR) is 66.1 cm³/mol. The molecule has 0 saturated heterocycles. The maximum absolute atomic E-state index is 12.0. The van der Waals surface area contributed by atoms with Crippen molar-refractivity contribution in [1.29, 1.82) is 0 Å². The molecule has 4 heteroatoms. The molecule has 0 spiro atoms. The van der Waals surface area contributed by atoms with Gasteiger partial charge in [-0.25, -0.2) is 0 Å². The van der Waals surface area contributed by atoms with Gasteiger partial charge >= 0.3 is 0 Å². The molecule has 1 aliphatic rings. The first kappa shape index (κ1) is 11.4. The second kappa shape index (κ2) is 4.44. The molecule has 0 unspecified atom stereocenters. The standard InChI is InChI=1S/C12H9ClO2S/c1-2-16-12-9(13)10(14)7-5-3-4-6-8(7)11(12)15/h3-6H,2H2,1H3. The second-order valence-electron chi connectivity index (χ2n) is 3.28. The molecule has 0 bridgehead atoms. The minimum Gasteiger partial charge on any atom is -0.288 e. The number of ketones is 2. The van der Waals surface area contributed by atoms with E-state index in [-0.39, 0.29) is 16.6 Å². The van der Waals surface area contributed by atoms with E-state index in [4.69, 9.17) is 11.6 Å². The Hall–Kier alpha value is -1.06. The summed E-state index contributed by atoms with van der Waals surface area (Å²) < 4.78 is 0. The molecule has 0 saturated carbocycles. The van der Waals surface area contributed by atoms with E-state index in [0.29, 0.717) is 21.8 Å². The lowest BCUT2D eigenvalue weighted by molar-refractivity contribution is 0.0987. The Balaban J connectivity index is 2.58. The van der Waals surface area contributed by atoms with E-state index in [9.17, 15) is 9.59 Å². The summed E-state index contributed by atoms with van der Waals surface area (Å²) in [6, 6.07) is 6.77. The minimum atomic E-state index is -0.257. The van der Waals surface area contributed by atoms with Gasteiger partial charge in [-0.2, -0.15) is 0 Å². The SMILES string of the molecule is CCSC1=C(Cl)C(=O)c2ccccc2C1=O. The lowest BCUT2D eigenvalue weighted by Crippen LogP contribution is -2.18. The molecule has 0 amide bonds. The van der Waals surface area contributed by atoms with E-state index in [1.807, 2.05) is 6.92 Å². The molecule has 1 aromatic carbocycles. The first-order valence-corrected chi connectivity index (χ1v) is 6.24. The molecule has 0 atom stereocenters. The fourth-order valence-corrected chi connectivity index (χ4v) is 2.70. The van der Waals surface area contributed by atoms with Crippen LogP contribution in [0.25, 0.3) is 0 Å². The number of allylic oxidation sites excluding steroid dienone is 2. The van der Waals surface area contributed by atoms with Crippen molar-refractivity contribution in [2.75, 3.05) is 5.75 Å². The van der Waals surface area contributed by atoms with Crippen molar-refractivity contribution in [3.63, 3.8) is 0 Å². The van der Waals surface area contributed by atoms with Gasteiger partial charge in [-0.3, -0.25) is 9.59 Å². The van der Waals surface area contributed by atoms with Crippen molar-refractivity contribution < 1.29 is 9.59 Å². The normalized spacial score (nSPS) is 15.4. The average molecular weight is 253 g/mol. The van der Waals surface area contributed by atoms with E-state index in [2.05, 4.69) is 0 Å². The van der Waals surface area contributed by atoms with Crippen LogP contribution < -0.4 is 0 Å². The van der Waals surface area contributed by atoms with Gasteiger partial charge < -0.3 is 0 Å². The third kappa shape index (κ3) is 1.70. The summed E-state index contributed by atoms with van der Waals surface area (Å²) in [5.41, 5.74) is 0.853. The van der Waals surface area contributed by atoms with Crippen molar-refractivity contribution in [2.45, 2.75) is 6.92 Å². The monoisotopic (exact) mass is 252 g/mol. The molecule has 16 heavy (non-hydrogen) atoms. The van der Waals surface area contributed by atoms with Gasteiger partial charge in [0.1, 0.15) is 5.03 Å². The topological polar surface area (TPSA) is 34.1 Å². The molecule has 0 aliphatic heterocycles. The van der Waals surface area contributed by atoms with Gasteiger partial charge in [0, 0.05) is 11.1 Å². The van der Waals surface area contributed by atoms with Crippen molar-refractivity contribution in [3.05, 3.63) is 45.3 Å². The van der Waals surface area contributed by atoms with E-state index >= 15 is 0 Å². The molecule has 0 aromatic heterocycles. The smallest absolute Gasteiger partial charge is 0.206 e. The van der Waals surface area contributed by atoms with Crippen LogP contribution in [0.2, 0.25) is 0 Å². The minimum absolute atomic E-state index is 0.0514. The number of fused-ring (bicyclic) bond motifs is 1. The average Bonchev–Trinajstić information content (AvgIpc) is 2.32. The van der Waals surface area contributed by atoms with E-state index in [1.54, 1.807) is 24.3 Å². The number of thioether (sulfide) groups is 1. The lowest BCUT2D eigenvalue weighted by atomic mass is 9.95. The van der Waals surface area contributed by atoms with Crippen LogP contribution in [-0.2, 0) is 0 Å². The van der Waals surface area contributed by atoms with Gasteiger partial charge in [0.15, 0.2) is 0 Å². The van der Waals surface area contributed by atoms with Crippen LogP contribution in [0.5, 0.6) is 0 Å². The highest BCUT2D eigenvalue weighted by Gasteiger charge is 2.30. The Morgan fingerprint density at radius 1 is 1.12 bits per heavy atom. The van der Waals surface area contributed by atoms with E-state index in [1.165, 1.54) is 11.8 Å². The van der Waals surface area contributed by atoms with Gasteiger partial charge in [0.05, 0.1) is 4.91 Å². The highest BCUT2D eigenvalue weighted by Crippen LogP contribution is 2.34. The number of rotatable bonds is 2. The maximum Gasteiger partial charge on any atom is 0.206 e. The molecule has 0 radical (unpaired) electrons. The number of hydrogen-bond donors (Lipinski definition) is 0. The zero-order chi connectivity index (χ0) is 11.7. The zero-order valence-corrected chi connectivity index (χ0v) is 10.2. The lowest BCUT2D eigenvalue weighted by Gasteiger charge is -2.16. The molecule has 1 aliphatic carbocycles. The summed E-state index contributed by atoms with van der Waals surface area (Å²) in [6.07, 6.45) is 0. The van der Waals surface area contributed by atoms with Gasteiger partial charge in [-0.05, 0) is 5.75 Å². The van der Waals surface area contributed by atoms with Gasteiger partial charge in [0.2, 0.25) is 11.6 Å². The third-order valence-corrected chi connectivity index (χ3v) is 3.75. The predicted octanol–water partition coefficient (Wildman–Crippen LogP) is 3.27. The fourth-order valence-electron chi connectivity index (χ4n) is 1.60. The molecule has 2 rings (SSSR count). The fraction of sp³-hybridized carbons (Fsp3) is 0.167. The van der Waals surface area contributed by atoms with Crippen LogP contribution in [0.15, 0.2) is 34.2 Å². The molecule has 1 aromatic rings. The molecule has 0 fully saturated rings. The Labute approximate surface area is 103 Å². The van der Waals surface area contributed by atoms with Crippen LogP contribution in [0, 0.1) is 0 Å². The molecule has 0 N–H and O–H groups in total. The molecular weight excluding hydrogens is 244 g/mol. The molecular formula is C12H9ClO2S. The summed E-state index contributed by atoms with van der Waals surface area (Å²) in [7, 11) is 0. The quantitative estimate of drug-likeness (QED) is 0.810. The van der Waals surface area contributed by atoms with Crippen LogP contribution in [0.4, 0.5) is 0 Å². The number of carbonyl (C=O) groups is 2. The summed E-state index contributed by atoms with van der Waals surface area (Å²) in [5.74, 6) is 0.312. The van der Waals surface area contributed by atoms with Gasteiger partial charge in [0.25, 0.3) is 0 Å². The first-order valence-electron chi connectivity index (χ1n) is 4.87. The van der Waals surface area contributed by atoms with Crippen LogP contribution in [0.1, 0.15) is 27.6 Å². The van der Waals surface area contributed by atoms with Crippen molar-refractivity contribution in [1.82, 2.24) is 0 Å². The summed E-state index contributed by atoms with van der Waals surface area (Å²) >= 11 is 7.24. The number of benzene rings is 1. The van der Waals surface area contributed by atoms with E-state index < -0.39 is 0 Å². The summed E-state index contributed by atoms with van der Waals surface area (Å²) in [6.45, 7) is 1.92. The van der Waals surface area contributed by atoms with Crippen LogP contribution >= 0.6 is 23.4 Å². The Bertz CT molecular complexity index is 505. The van der Waals surface area contributed by atoms with E-state index in [0.717, 1.165) is 0 Å². The number of Topliss-reactive ketones (excluding diaryl/α,β-unsaturated/α-hetero) is 2. The maximum atomic E-state index is 12.0. The van der Waals surface area contributed by atoms with Gasteiger partial charge in [-0.15, -0.1) is 11.8 Å². The van der Waals surface area contributed by atoms with Gasteiger partial charge in [-0.1, -0.05) is 42.8 Å². The van der Waals surface area contributed by atoms with Crippen molar-refractivity contribution in [2.24, 2.45) is 0 Å². The Morgan fingerprint density at radius 3 is 2.25 bits per heavy atom. The van der Waals surface area contributed by atoms with Crippen molar-refractivity contribution >= 4 is 34.9 Å². The molecule has 2 nitrogen and oxygen atoms in total. The Morgan fingerprint density at radius 2 is 1.69 bits per heavy atom. The first-order chi connectivity index (χ1) is 7.66. The highest BCUT2D eigenvalue weighted by molar-refractivity contribution is 8.04. The largest absolute Gasteiger partial charge is 0.288 e. The third-order valence-electron chi connectivity index (χ3n) is 2.31. The van der Waals surface area contributed by atoms with Crippen LogP contribution in [-0.4, -0.2) is 17.3 Å². The summed E-state index contributed by atoms with van der Waals surface area (Å²) in [4.78, 5) is 24.3. The van der Waals surface area contributed by atoms with Crippen molar-refractivity contribution in [3.8, 4) is 0 Å². The number of carbonyl (C=O) groups excluding carboxylic acids is 2. The summed E-state index contributed by atoms with van der Waals surface area (Å²) in [5, 5.41) is 0.0514. The molecule has 82 valence electrons. The highest BCUT2D eigenvalue weighted by atomic mass is 35.5.